The number of hydrogen-bond donors (Lipinski definition) is 1. The summed E-state index contributed by atoms with van der Waals surface area (Å²) in [5, 5.41) is 3.88. The third-order valence-corrected chi connectivity index (χ3v) is 4.78. The van der Waals surface area contributed by atoms with Gasteiger partial charge in [0.05, 0.1) is 13.5 Å². The Morgan fingerprint density at radius 2 is 1.93 bits per heavy atom. The van der Waals surface area contributed by atoms with Gasteiger partial charge in [0.2, 0.25) is 11.8 Å². The van der Waals surface area contributed by atoms with Crippen LogP contribution in [0.15, 0.2) is 29.4 Å². The Labute approximate surface area is 158 Å². The van der Waals surface area contributed by atoms with Crippen LogP contribution < -0.4 is 10.2 Å². The number of carbonyl (C=O) groups excluding carboxylic acids is 3. The maximum atomic E-state index is 12.6. The molecule has 0 radical (unpaired) electrons. The molecule has 144 valence electrons. The minimum Gasteiger partial charge on any atom is -0.497 e. The molecule has 0 atom stereocenters. The molecule has 2 aliphatic rings. The highest BCUT2D eigenvalue weighted by Crippen LogP contribution is 2.15. The average molecular weight is 372 g/mol. The molecule has 0 unspecified atom stereocenters. The highest BCUT2D eigenvalue weighted by molar-refractivity contribution is 6.39. The van der Waals surface area contributed by atoms with Crippen molar-refractivity contribution >= 4 is 23.4 Å². The van der Waals surface area contributed by atoms with Crippen molar-refractivity contribution in [1.29, 1.82) is 0 Å². The number of amides is 3. The SMILES string of the molecule is COc1cccc(CC(=O)N2CCCN(C(=O)C3=NNC(=O)CC3)CC2)c1. The molecular formula is C19H24N4O4. The van der Waals surface area contributed by atoms with Crippen molar-refractivity contribution in [2.24, 2.45) is 5.10 Å². The van der Waals surface area contributed by atoms with Gasteiger partial charge in [-0.25, -0.2) is 5.43 Å². The number of hydrazone groups is 1. The first-order valence-corrected chi connectivity index (χ1v) is 9.12. The number of methoxy groups -OCH3 is 1. The van der Waals surface area contributed by atoms with Gasteiger partial charge in [-0.05, 0) is 24.1 Å². The fourth-order valence-corrected chi connectivity index (χ4v) is 3.25. The first-order chi connectivity index (χ1) is 13.1. The summed E-state index contributed by atoms with van der Waals surface area (Å²) < 4.78 is 5.20. The van der Waals surface area contributed by atoms with Crippen molar-refractivity contribution in [3.8, 4) is 5.75 Å². The number of rotatable bonds is 4. The summed E-state index contributed by atoms with van der Waals surface area (Å²) in [7, 11) is 1.60. The lowest BCUT2D eigenvalue weighted by molar-refractivity contribution is -0.131. The number of nitrogens with zero attached hydrogens (tertiary/aromatic N) is 3. The Morgan fingerprint density at radius 3 is 2.67 bits per heavy atom. The van der Waals surface area contributed by atoms with Crippen LogP contribution in [-0.2, 0) is 20.8 Å². The predicted octanol–water partition coefficient (Wildman–Crippen LogP) is 0.565. The molecule has 0 spiro atoms. The minimum absolute atomic E-state index is 0.0415. The van der Waals surface area contributed by atoms with Crippen molar-refractivity contribution < 1.29 is 19.1 Å². The first-order valence-electron chi connectivity index (χ1n) is 9.12. The lowest BCUT2D eigenvalue weighted by Crippen LogP contribution is -2.42. The van der Waals surface area contributed by atoms with E-state index in [9.17, 15) is 14.4 Å². The lowest BCUT2D eigenvalue weighted by Gasteiger charge is -2.23. The van der Waals surface area contributed by atoms with E-state index in [2.05, 4.69) is 10.5 Å². The summed E-state index contributed by atoms with van der Waals surface area (Å²) in [5.74, 6) is 0.446. The van der Waals surface area contributed by atoms with Gasteiger partial charge < -0.3 is 14.5 Å². The smallest absolute Gasteiger partial charge is 0.270 e. The van der Waals surface area contributed by atoms with Crippen LogP contribution in [0.1, 0.15) is 24.8 Å². The van der Waals surface area contributed by atoms with Gasteiger partial charge in [0, 0.05) is 39.0 Å². The summed E-state index contributed by atoms with van der Waals surface area (Å²) in [4.78, 5) is 39.9. The zero-order valence-electron chi connectivity index (χ0n) is 15.4. The second-order valence-electron chi connectivity index (χ2n) is 6.65. The van der Waals surface area contributed by atoms with E-state index in [1.54, 1.807) is 16.9 Å². The molecule has 1 aromatic rings. The maximum absolute atomic E-state index is 12.6. The van der Waals surface area contributed by atoms with Gasteiger partial charge in [-0.3, -0.25) is 14.4 Å². The zero-order chi connectivity index (χ0) is 19.2. The molecule has 1 aromatic carbocycles. The van der Waals surface area contributed by atoms with Crippen molar-refractivity contribution in [1.82, 2.24) is 15.2 Å². The second kappa shape index (κ2) is 8.66. The quantitative estimate of drug-likeness (QED) is 0.836. The van der Waals surface area contributed by atoms with E-state index < -0.39 is 0 Å². The van der Waals surface area contributed by atoms with E-state index in [4.69, 9.17) is 4.74 Å². The Balaban J connectivity index is 1.56. The van der Waals surface area contributed by atoms with Crippen LogP contribution in [0.25, 0.3) is 0 Å². The molecule has 0 saturated carbocycles. The van der Waals surface area contributed by atoms with E-state index in [1.165, 1.54) is 0 Å². The summed E-state index contributed by atoms with van der Waals surface area (Å²) in [6, 6.07) is 7.48. The van der Waals surface area contributed by atoms with Crippen molar-refractivity contribution in [2.75, 3.05) is 33.3 Å². The van der Waals surface area contributed by atoms with E-state index in [0.29, 0.717) is 44.7 Å². The minimum atomic E-state index is -0.170. The Hall–Kier alpha value is -2.90. The number of benzene rings is 1. The molecule has 3 amide bonds. The molecule has 2 heterocycles. The molecule has 1 saturated heterocycles. The van der Waals surface area contributed by atoms with Gasteiger partial charge in [-0.2, -0.15) is 5.10 Å². The third kappa shape index (κ3) is 4.84. The van der Waals surface area contributed by atoms with E-state index >= 15 is 0 Å². The summed E-state index contributed by atoms with van der Waals surface area (Å²) >= 11 is 0. The fourth-order valence-electron chi connectivity index (χ4n) is 3.25. The van der Waals surface area contributed by atoms with Gasteiger partial charge in [0.1, 0.15) is 11.5 Å². The zero-order valence-corrected chi connectivity index (χ0v) is 15.4. The molecule has 1 fully saturated rings. The number of hydrogen-bond acceptors (Lipinski definition) is 5. The third-order valence-electron chi connectivity index (χ3n) is 4.78. The normalized spacial score (nSPS) is 17.7. The monoisotopic (exact) mass is 372 g/mol. The summed E-state index contributed by atoms with van der Waals surface area (Å²) in [6.45, 7) is 2.16. The molecule has 0 aliphatic carbocycles. The van der Waals surface area contributed by atoms with Crippen LogP contribution in [0, 0.1) is 0 Å². The van der Waals surface area contributed by atoms with Gasteiger partial charge in [0.15, 0.2) is 0 Å². The maximum Gasteiger partial charge on any atom is 0.270 e. The van der Waals surface area contributed by atoms with Crippen LogP contribution in [0.2, 0.25) is 0 Å². The number of ether oxygens (including phenoxy) is 1. The molecule has 8 heteroatoms. The lowest BCUT2D eigenvalue weighted by atomic mass is 10.1. The Kier molecular flexibility index (Phi) is 6.05. The van der Waals surface area contributed by atoms with Crippen molar-refractivity contribution in [3.63, 3.8) is 0 Å². The molecule has 0 aromatic heterocycles. The van der Waals surface area contributed by atoms with Gasteiger partial charge in [-0.15, -0.1) is 0 Å². The second-order valence-corrected chi connectivity index (χ2v) is 6.65. The van der Waals surface area contributed by atoms with Crippen LogP contribution >= 0.6 is 0 Å². The first kappa shape index (κ1) is 18.9. The van der Waals surface area contributed by atoms with E-state index in [0.717, 1.165) is 17.7 Å². The molecular weight excluding hydrogens is 348 g/mol. The van der Waals surface area contributed by atoms with Crippen LogP contribution in [0.4, 0.5) is 0 Å². The highest BCUT2D eigenvalue weighted by atomic mass is 16.5. The molecule has 8 nitrogen and oxygen atoms in total. The van der Waals surface area contributed by atoms with Crippen molar-refractivity contribution in [2.45, 2.75) is 25.7 Å². The largest absolute Gasteiger partial charge is 0.497 e. The van der Waals surface area contributed by atoms with Gasteiger partial charge in [-0.1, -0.05) is 12.1 Å². The van der Waals surface area contributed by atoms with Crippen LogP contribution in [-0.4, -0.2) is 66.5 Å². The van der Waals surface area contributed by atoms with Crippen molar-refractivity contribution in [3.05, 3.63) is 29.8 Å². The fraction of sp³-hybridized carbons (Fsp3) is 0.474. The number of nitrogens with one attached hydrogen (secondary N) is 1. The molecule has 1 N–H and O–H groups in total. The molecule has 2 aliphatic heterocycles. The van der Waals surface area contributed by atoms with E-state index in [-0.39, 0.29) is 24.1 Å². The van der Waals surface area contributed by atoms with Gasteiger partial charge >= 0.3 is 0 Å². The standard InChI is InChI=1S/C19H24N4O4/c1-27-15-5-2-4-14(12-15)13-18(25)22-8-3-9-23(11-10-22)19(26)16-6-7-17(24)21-20-16/h2,4-5,12H,3,6-11,13H2,1H3,(H,21,24). The summed E-state index contributed by atoms with van der Waals surface area (Å²) in [5.41, 5.74) is 3.64. The van der Waals surface area contributed by atoms with Crippen LogP contribution in [0.3, 0.4) is 0 Å². The highest BCUT2D eigenvalue weighted by Gasteiger charge is 2.26. The van der Waals surface area contributed by atoms with E-state index in [1.807, 2.05) is 24.3 Å². The van der Waals surface area contributed by atoms with Crippen LogP contribution in [0.5, 0.6) is 5.75 Å². The number of carbonyl (C=O) groups is 3. The summed E-state index contributed by atoms with van der Waals surface area (Å²) in [6.07, 6.45) is 1.67. The predicted molar refractivity (Wildman–Crippen MR) is 99.3 cm³/mol. The topological polar surface area (TPSA) is 91.3 Å². The Bertz CT molecular complexity index is 762. The molecule has 27 heavy (non-hydrogen) atoms. The molecule has 3 rings (SSSR count). The average Bonchev–Trinajstić information content (AvgIpc) is 2.94. The molecule has 0 bridgehead atoms. The van der Waals surface area contributed by atoms with Gasteiger partial charge in [0.25, 0.3) is 5.91 Å². The Morgan fingerprint density at radius 1 is 1.15 bits per heavy atom.